The quantitative estimate of drug-likeness (QED) is 0.625. The molecule has 2 unspecified atom stereocenters. The van der Waals surface area contributed by atoms with Gasteiger partial charge in [-0.05, 0) is 24.7 Å². The number of carbonyl (C=O) groups excluding carboxylic acids is 2. The van der Waals surface area contributed by atoms with E-state index in [1.54, 1.807) is 7.05 Å². The van der Waals surface area contributed by atoms with Crippen LogP contribution in [0.25, 0.3) is 0 Å². The number of likely N-dealkylation sites (N-methyl/N-ethyl adjacent to an activating group) is 1. The predicted molar refractivity (Wildman–Crippen MR) is 72.9 cm³/mol. The summed E-state index contributed by atoms with van der Waals surface area (Å²) < 4.78 is 0. The van der Waals surface area contributed by atoms with Gasteiger partial charge < -0.3 is 16.4 Å². The third kappa shape index (κ3) is 6.59. The van der Waals surface area contributed by atoms with Gasteiger partial charge in [0.05, 0.1) is 6.04 Å². The molecule has 0 radical (unpaired) electrons. The first-order chi connectivity index (χ1) is 8.27. The number of carbonyl (C=O) groups is 2. The Labute approximate surface area is 110 Å². The molecule has 4 N–H and O–H groups in total. The average Bonchev–Trinajstić information content (AvgIpc) is 2.25. The first kappa shape index (κ1) is 16.9. The lowest BCUT2D eigenvalue weighted by Crippen LogP contribution is -2.51. The number of nitrogens with two attached hydrogens (primary N) is 1. The van der Waals surface area contributed by atoms with E-state index >= 15 is 0 Å². The molecule has 0 bridgehead atoms. The number of hydrogen-bond donors (Lipinski definition) is 3. The summed E-state index contributed by atoms with van der Waals surface area (Å²) in [5.41, 5.74) is 5.80. The Morgan fingerprint density at radius 2 is 1.50 bits per heavy atom. The molecule has 0 rings (SSSR count). The molecule has 0 saturated carbocycles. The lowest BCUT2D eigenvalue weighted by Gasteiger charge is -2.22. The van der Waals surface area contributed by atoms with Crippen molar-refractivity contribution in [1.82, 2.24) is 10.6 Å². The maximum absolute atomic E-state index is 11.9. The van der Waals surface area contributed by atoms with Crippen molar-refractivity contribution in [2.45, 2.75) is 52.6 Å². The van der Waals surface area contributed by atoms with Crippen molar-refractivity contribution in [2.24, 2.45) is 17.6 Å². The minimum atomic E-state index is -0.552. The van der Waals surface area contributed by atoms with Crippen LogP contribution in [0.1, 0.15) is 40.5 Å². The molecule has 0 fully saturated rings. The maximum Gasteiger partial charge on any atom is 0.242 e. The van der Waals surface area contributed by atoms with Gasteiger partial charge in [0.25, 0.3) is 0 Å². The van der Waals surface area contributed by atoms with Crippen LogP contribution in [0, 0.1) is 11.8 Å². The van der Waals surface area contributed by atoms with Gasteiger partial charge in [-0.3, -0.25) is 9.59 Å². The van der Waals surface area contributed by atoms with Crippen molar-refractivity contribution in [1.29, 1.82) is 0 Å². The average molecular weight is 257 g/mol. The highest BCUT2D eigenvalue weighted by molar-refractivity contribution is 5.89. The van der Waals surface area contributed by atoms with Gasteiger partial charge >= 0.3 is 0 Å². The van der Waals surface area contributed by atoms with Crippen LogP contribution in [0.5, 0.6) is 0 Å². The van der Waals surface area contributed by atoms with E-state index in [4.69, 9.17) is 5.73 Å². The van der Waals surface area contributed by atoms with Crippen LogP contribution in [-0.2, 0) is 9.59 Å². The summed E-state index contributed by atoms with van der Waals surface area (Å²) in [6.45, 7) is 8.04. The topological polar surface area (TPSA) is 84.2 Å². The summed E-state index contributed by atoms with van der Waals surface area (Å²) in [6, 6.07) is -1.05. The molecular weight excluding hydrogens is 230 g/mol. The molecule has 0 spiro atoms. The van der Waals surface area contributed by atoms with Gasteiger partial charge in [-0.2, -0.15) is 0 Å². The Kier molecular flexibility index (Phi) is 7.59. The zero-order valence-electron chi connectivity index (χ0n) is 12.1. The molecule has 0 saturated heterocycles. The zero-order chi connectivity index (χ0) is 14.3. The maximum atomic E-state index is 11.9. The van der Waals surface area contributed by atoms with E-state index in [0.717, 1.165) is 0 Å². The highest BCUT2D eigenvalue weighted by atomic mass is 16.2. The molecule has 0 aliphatic heterocycles. The van der Waals surface area contributed by atoms with Gasteiger partial charge in [-0.1, -0.05) is 27.7 Å². The van der Waals surface area contributed by atoms with Gasteiger partial charge in [-0.15, -0.1) is 0 Å². The van der Waals surface area contributed by atoms with Gasteiger partial charge in [0, 0.05) is 7.05 Å². The molecule has 2 amide bonds. The molecule has 0 aliphatic carbocycles. The number of amides is 2. The first-order valence-corrected chi connectivity index (χ1v) is 6.55. The summed E-state index contributed by atoms with van der Waals surface area (Å²) in [7, 11) is 1.57. The lowest BCUT2D eigenvalue weighted by molar-refractivity contribution is -0.129. The molecular formula is C13H27N3O2. The summed E-state index contributed by atoms with van der Waals surface area (Å²) in [6.07, 6.45) is 1.23. The number of nitrogens with one attached hydrogen (secondary N) is 2. The van der Waals surface area contributed by atoms with E-state index in [1.807, 2.05) is 27.7 Å². The molecule has 18 heavy (non-hydrogen) atoms. The van der Waals surface area contributed by atoms with E-state index in [9.17, 15) is 9.59 Å². The second-order valence-corrected chi connectivity index (χ2v) is 5.54. The van der Waals surface area contributed by atoms with Crippen LogP contribution < -0.4 is 16.4 Å². The van der Waals surface area contributed by atoms with E-state index in [0.29, 0.717) is 24.7 Å². The number of hydrogen-bond acceptors (Lipinski definition) is 3. The fraction of sp³-hybridized carbons (Fsp3) is 0.846. The van der Waals surface area contributed by atoms with Gasteiger partial charge in [0.1, 0.15) is 6.04 Å². The van der Waals surface area contributed by atoms with Gasteiger partial charge in [0.15, 0.2) is 0 Å². The normalized spacial score (nSPS) is 14.4. The van der Waals surface area contributed by atoms with Crippen LogP contribution in [-0.4, -0.2) is 30.9 Å². The predicted octanol–water partition coefficient (Wildman–Crippen LogP) is 0.637. The smallest absolute Gasteiger partial charge is 0.242 e. The summed E-state index contributed by atoms with van der Waals surface area (Å²) >= 11 is 0. The molecule has 106 valence electrons. The fourth-order valence-corrected chi connectivity index (χ4v) is 1.77. The van der Waals surface area contributed by atoms with Crippen molar-refractivity contribution in [3.8, 4) is 0 Å². The lowest BCUT2D eigenvalue weighted by atomic mass is 10.0. The first-order valence-electron chi connectivity index (χ1n) is 6.55. The van der Waals surface area contributed by atoms with Crippen LogP contribution in [0.15, 0.2) is 0 Å². The highest BCUT2D eigenvalue weighted by Gasteiger charge is 2.23. The minimum Gasteiger partial charge on any atom is -0.357 e. The van der Waals surface area contributed by atoms with Crippen molar-refractivity contribution in [2.75, 3.05) is 7.05 Å². The van der Waals surface area contributed by atoms with Crippen molar-refractivity contribution in [3.05, 3.63) is 0 Å². The van der Waals surface area contributed by atoms with Crippen LogP contribution in [0.4, 0.5) is 0 Å². The molecule has 5 heteroatoms. The second-order valence-electron chi connectivity index (χ2n) is 5.54. The van der Waals surface area contributed by atoms with Crippen molar-refractivity contribution in [3.63, 3.8) is 0 Å². The third-order valence-corrected chi connectivity index (χ3v) is 2.65. The van der Waals surface area contributed by atoms with Crippen molar-refractivity contribution >= 4 is 11.8 Å². The van der Waals surface area contributed by atoms with Gasteiger partial charge in [0.2, 0.25) is 11.8 Å². The summed E-state index contributed by atoms with van der Waals surface area (Å²) in [5, 5.41) is 5.29. The Morgan fingerprint density at radius 1 is 1.00 bits per heavy atom. The fourth-order valence-electron chi connectivity index (χ4n) is 1.77. The van der Waals surface area contributed by atoms with E-state index < -0.39 is 12.1 Å². The Hall–Kier alpha value is -1.10. The van der Waals surface area contributed by atoms with Crippen LogP contribution in [0.3, 0.4) is 0 Å². The number of rotatable bonds is 7. The largest absolute Gasteiger partial charge is 0.357 e. The molecule has 0 aliphatic rings. The highest BCUT2D eigenvalue weighted by Crippen LogP contribution is 2.07. The molecule has 0 aromatic carbocycles. The second kappa shape index (κ2) is 8.08. The van der Waals surface area contributed by atoms with E-state index in [1.165, 1.54) is 0 Å². The van der Waals surface area contributed by atoms with Crippen LogP contribution in [0.2, 0.25) is 0 Å². The Bertz CT molecular complexity index is 277. The molecule has 2 atom stereocenters. The molecule has 0 aromatic rings. The third-order valence-electron chi connectivity index (χ3n) is 2.65. The van der Waals surface area contributed by atoms with Gasteiger partial charge in [-0.25, -0.2) is 0 Å². The van der Waals surface area contributed by atoms with Crippen LogP contribution >= 0.6 is 0 Å². The monoisotopic (exact) mass is 257 g/mol. The minimum absolute atomic E-state index is 0.172. The summed E-state index contributed by atoms with van der Waals surface area (Å²) in [5.74, 6) is 0.259. The molecule has 0 heterocycles. The summed E-state index contributed by atoms with van der Waals surface area (Å²) in [4.78, 5) is 23.5. The molecule has 0 aromatic heterocycles. The Balaban J connectivity index is 4.47. The SMILES string of the molecule is CNC(=O)C(CC(C)C)NC(=O)C(N)CC(C)C. The van der Waals surface area contributed by atoms with Crippen molar-refractivity contribution < 1.29 is 9.59 Å². The van der Waals surface area contributed by atoms with E-state index in [-0.39, 0.29) is 11.8 Å². The van der Waals surface area contributed by atoms with E-state index in [2.05, 4.69) is 10.6 Å². The zero-order valence-corrected chi connectivity index (χ0v) is 12.1. The standard InChI is InChI=1S/C13H27N3O2/c1-8(2)6-10(14)12(17)16-11(7-9(3)4)13(18)15-5/h8-11H,6-7,14H2,1-5H3,(H,15,18)(H,16,17). The Morgan fingerprint density at radius 3 is 1.89 bits per heavy atom. The molecule has 5 nitrogen and oxygen atoms in total.